The van der Waals surface area contributed by atoms with E-state index in [9.17, 15) is 5.11 Å². The molecule has 0 radical (unpaired) electrons. The van der Waals surface area contributed by atoms with Gasteiger partial charge in [-0.1, -0.05) is 17.7 Å². The van der Waals surface area contributed by atoms with E-state index in [0.29, 0.717) is 10.6 Å². The van der Waals surface area contributed by atoms with Crippen LogP contribution in [-0.2, 0) is 0 Å². The summed E-state index contributed by atoms with van der Waals surface area (Å²) >= 11 is 5.87. The van der Waals surface area contributed by atoms with Crippen molar-refractivity contribution in [2.24, 2.45) is 5.73 Å². The van der Waals surface area contributed by atoms with Crippen molar-refractivity contribution in [1.29, 1.82) is 0 Å². The molecule has 0 heterocycles. The van der Waals surface area contributed by atoms with Crippen molar-refractivity contribution in [2.45, 2.75) is 19.9 Å². The molecule has 0 saturated heterocycles. The molecule has 0 aromatic heterocycles. The Morgan fingerprint density at radius 2 is 2.00 bits per heavy atom. The fourth-order valence-corrected chi connectivity index (χ4v) is 1.67. The lowest BCUT2D eigenvalue weighted by atomic mass is 9.99. The van der Waals surface area contributed by atoms with Crippen molar-refractivity contribution in [1.82, 2.24) is 0 Å². The molecule has 0 spiro atoms. The summed E-state index contributed by atoms with van der Waals surface area (Å²) in [5, 5.41) is 19.0. The van der Waals surface area contributed by atoms with Crippen LogP contribution in [0.3, 0.4) is 0 Å². The number of hydrogen-bond donors (Lipinski definition) is 3. The van der Waals surface area contributed by atoms with Crippen LogP contribution in [0.25, 0.3) is 0 Å². The lowest BCUT2D eigenvalue weighted by Crippen LogP contribution is -2.16. The van der Waals surface area contributed by atoms with Crippen LogP contribution in [0.1, 0.15) is 22.7 Å². The first kappa shape index (κ1) is 11.3. The smallest absolute Gasteiger partial charge is 0.139 e. The molecule has 0 bridgehead atoms. The topological polar surface area (TPSA) is 66.5 Å². The van der Waals surface area contributed by atoms with Crippen molar-refractivity contribution in [3.8, 4) is 5.75 Å². The van der Waals surface area contributed by atoms with E-state index in [0.717, 1.165) is 11.1 Å². The van der Waals surface area contributed by atoms with Gasteiger partial charge in [0.15, 0.2) is 0 Å². The number of halogens is 1. The Bertz CT molecular complexity index is 352. The number of aromatic hydroxyl groups is 1. The zero-order valence-electron chi connectivity index (χ0n) is 8.21. The summed E-state index contributed by atoms with van der Waals surface area (Å²) in [6, 6.07) is 1.25. The van der Waals surface area contributed by atoms with Gasteiger partial charge in [0, 0.05) is 5.56 Å². The van der Waals surface area contributed by atoms with E-state index in [1.54, 1.807) is 0 Å². The summed E-state index contributed by atoms with van der Waals surface area (Å²) in [7, 11) is 0. The van der Waals surface area contributed by atoms with E-state index in [-0.39, 0.29) is 12.4 Å². The van der Waals surface area contributed by atoms with Gasteiger partial charge in [0.1, 0.15) is 5.75 Å². The molecule has 1 aromatic rings. The van der Waals surface area contributed by atoms with E-state index >= 15 is 0 Å². The average Bonchev–Trinajstić information content (AvgIpc) is 2.14. The minimum absolute atomic E-state index is 0.0225. The van der Waals surface area contributed by atoms with Crippen LogP contribution in [0.15, 0.2) is 6.07 Å². The Morgan fingerprint density at radius 1 is 1.43 bits per heavy atom. The standard InChI is InChI=1S/C10H14ClNO2/c1-5-3-6(2)9(11)10(14)8(5)7(12)4-13/h3,7,13-14H,4,12H2,1-2H3. The summed E-state index contributed by atoms with van der Waals surface area (Å²) in [6.07, 6.45) is 0. The maximum atomic E-state index is 9.74. The van der Waals surface area contributed by atoms with Gasteiger partial charge in [0.05, 0.1) is 17.7 Å². The third kappa shape index (κ3) is 1.85. The van der Waals surface area contributed by atoms with Gasteiger partial charge in [0.25, 0.3) is 0 Å². The first-order valence-corrected chi connectivity index (χ1v) is 4.71. The molecule has 78 valence electrons. The molecule has 1 unspecified atom stereocenters. The second-order valence-corrected chi connectivity index (χ2v) is 3.75. The molecular weight excluding hydrogens is 202 g/mol. The number of rotatable bonds is 2. The SMILES string of the molecule is Cc1cc(C)c(C(N)CO)c(O)c1Cl. The molecule has 1 aromatic carbocycles. The molecule has 0 amide bonds. The largest absolute Gasteiger partial charge is 0.506 e. The molecule has 0 aliphatic carbocycles. The Morgan fingerprint density at radius 3 is 2.50 bits per heavy atom. The van der Waals surface area contributed by atoms with Crippen molar-refractivity contribution < 1.29 is 10.2 Å². The Kier molecular flexibility index (Phi) is 3.37. The van der Waals surface area contributed by atoms with Gasteiger partial charge in [-0.2, -0.15) is 0 Å². The predicted octanol–water partition coefficient (Wildman–Crippen LogP) is 1.65. The first-order chi connectivity index (χ1) is 6.49. The van der Waals surface area contributed by atoms with Gasteiger partial charge < -0.3 is 15.9 Å². The normalized spacial score (nSPS) is 12.9. The molecule has 4 heteroatoms. The number of aliphatic hydroxyl groups is 1. The number of nitrogens with two attached hydrogens (primary N) is 1. The van der Waals surface area contributed by atoms with Crippen LogP contribution in [0.4, 0.5) is 0 Å². The van der Waals surface area contributed by atoms with Crippen molar-refractivity contribution in [3.05, 3.63) is 27.8 Å². The zero-order valence-corrected chi connectivity index (χ0v) is 8.97. The molecule has 0 aliphatic rings. The van der Waals surface area contributed by atoms with E-state index in [4.69, 9.17) is 22.4 Å². The quantitative estimate of drug-likeness (QED) is 0.703. The van der Waals surface area contributed by atoms with Gasteiger partial charge >= 0.3 is 0 Å². The summed E-state index contributed by atoms with van der Waals surface area (Å²) in [4.78, 5) is 0. The molecular formula is C10H14ClNO2. The highest BCUT2D eigenvalue weighted by atomic mass is 35.5. The average molecular weight is 216 g/mol. The van der Waals surface area contributed by atoms with Crippen LogP contribution >= 0.6 is 11.6 Å². The highest BCUT2D eigenvalue weighted by Gasteiger charge is 2.17. The predicted molar refractivity (Wildman–Crippen MR) is 56.6 cm³/mol. The molecule has 3 nitrogen and oxygen atoms in total. The maximum Gasteiger partial charge on any atom is 0.139 e. The molecule has 0 fully saturated rings. The van der Waals surface area contributed by atoms with Crippen molar-refractivity contribution in [2.75, 3.05) is 6.61 Å². The van der Waals surface area contributed by atoms with E-state index in [1.165, 1.54) is 0 Å². The van der Waals surface area contributed by atoms with Crippen molar-refractivity contribution >= 4 is 11.6 Å². The summed E-state index contributed by atoms with van der Waals surface area (Å²) in [6.45, 7) is 3.42. The second kappa shape index (κ2) is 4.17. The minimum atomic E-state index is -0.590. The lowest BCUT2D eigenvalue weighted by molar-refractivity contribution is 0.265. The van der Waals surface area contributed by atoms with Crippen LogP contribution in [-0.4, -0.2) is 16.8 Å². The van der Waals surface area contributed by atoms with Gasteiger partial charge in [-0.15, -0.1) is 0 Å². The molecule has 0 saturated carbocycles. The van der Waals surface area contributed by atoms with Gasteiger partial charge in [-0.3, -0.25) is 0 Å². The monoisotopic (exact) mass is 215 g/mol. The maximum absolute atomic E-state index is 9.74. The molecule has 4 N–H and O–H groups in total. The van der Waals surface area contributed by atoms with Gasteiger partial charge in [-0.05, 0) is 25.0 Å². The minimum Gasteiger partial charge on any atom is -0.506 e. The fourth-order valence-electron chi connectivity index (χ4n) is 1.52. The molecule has 14 heavy (non-hydrogen) atoms. The summed E-state index contributed by atoms with van der Waals surface area (Å²) in [5.41, 5.74) is 7.80. The Hall–Kier alpha value is -0.770. The third-order valence-electron chi connectivity index (χ3n) is 2.23. The Labute approximate surface area is 88.1 Å². The van der Waals surface area contributed by atoms with Gasteiger partial charge in [0.2, 0.25) is 0 Å². The number of aryl methyl sites for hydroxylation is 2. The lowest BCUT2D eigenvalue weighted by Gasteiger charge is -2.16. The Balaban J connectivity index is 3.36. The summed E-state index contributed by atoms with van der Waals surface area (Å²) in [5.74, 6) is -0.0225. The van der Waals surface area contributed by atoms with E-state index in [1.807, 2.05) is 19.9 Å². The first-order valence-electron chi connectivity index (χ1n) is 4.34. The second-order valence-electron chi connectivity index (χ2n) is 3.38. The van der Waals surface area contributed by atoms with Crippen LogP contribution in [0.2, 0.25) is 5.02 Å². The van der Waals surface area contributed by atoms with E-state index < -0.39 is 6.04 Å². The molecule has 1 atom stereocenters. The van der Waals surface area contributed by atoms with E-state index in [2.05, 4.69) is 0 Å². The highest BCUT2D eigenvalue weighted by Crippen LogP contribution is 2.35. The van der Waals surface area contributed by atoms with Crippen LogP contribution < -0.4 is 5.73 Å². The number of hydrogen-bond acceptors (Lipinski definition) is 3. The van der Waals surface area contributed by atoms with Gasteiger partial charge in [-0.25, -0.2) is 0 Å². The van der Waals surface area contributed by atoms with Crippen LogP contribution in [0, 0.1) is 13.8 Å². The summed E-state index contributed by atoms with van der Waals surface area (Å²) < 4.78 is 0. The highest BCUT2D eigenvalue weighted by molar-refractivity contribution is 6.32. The zero-order chi connectivity index (χ0) is 10.9. The number of aliphatic hydroxyl groups excluding tert-OH is 1. The molecule has 0 aliphatic heterocycles. The number of benzene rings is 1. The third-order valence-corrected chi connectivity index (χ3v) is 2.71. The number of phenols is 1. The van der Waals surface area contributed by atoms with Crippen molar-refractivity contribution in [3.63, 3.8) is 0 Å². The van der Waals surface area contributed by atoms with Crippen LogP contribution in [0.5, 0.6) is 5.75 Å². The number of phenolic OH excluding ortho intramolecular Hbond substituents is 1. The fraction of sp³-hybridized carbons (Fsp3) is 0.400. The molecule has 1 rings (SSSR count).